The highest BCUT2D eigenvalue weighted by Crippen LogP contribution is 2.50. The first-order chi connectivity index (χ1) is 12.6. The van der Waals surface area contributed by atoms with Crippen molar-refractivity contribution in [3.63, 3.8) is 0 Å². The second-order valence-electron chi connectivity index (χ2n) is 7.34. The maximum atomic E-state index is 13.2. The van der Waals surface area contributed by atoms with E-state index in [0.29, 0.717) is 5.92 Å². The Morgan fingerprint density at radius 3 is 2.65 bits per heavy atom. The average molecular weight is 373 g/mol. The van der Waals surface area contributed by atoms with Crippen molar-refractivity contribution in [2.24, 2.45) is 11.8 Å². The van der Waals surface area contributed by atoms with E-state index in [1.165, 1.54) is 12.1 Å². The zero-order valence-corrected chi connectivity index (χ0v) is 15.8. The van der Waals surface area contributed by atoms with Crippen LogP contribution < -0.4 is 0 Å². The molecule has 0 radical (unpaired) electrons. The van der Waals surface area contributed by atoms with Crippen molar-refractivity contribution in [3.8, 4) is 0 Å². The summed E-state index contributed by atoms with van der Waals surface area (Å²) in [4.78, 5) is 11.2. The number of likely N-dealkylation sites (tertiary alicyclic amines) is 1. The van der Waals surface area contributed by atoms with Crippen LogP contribution in [0.15, 0.2) is 41.8 Å². The molecule has 3 atom stereocenters. The lowest BCUT2D eigenvalue weighted by Crippen LogP contribution is -2.34. The zero-order chi connectivity index (χ0) is 18.1. The Morgan fingerprint density at radius 1 is 1.23 bits per heavy atom. The van der Waals surface area contributed by atoms with Gasteiger partial charge < -0.3 is 5.11 Å². The van der Waals surface area contributed by atoms with Gasteiger partial charge in [0, 0.05) is 43.5 Å². The van der Waals surface area contributed by atoms with Gasteiger partial charge in [-0.1, -0.05) is 30.8 Å². The third kappa shape index (κ3) is 3.38. The predicted molar refractivity (Wildman–Crippen MR) is 100 cm³/mol. The van der Waals surface area contributed by atoms with Gasteiger partial charge in [0.15, 0.2) is 5.16 Å². The molecule has 1 saturated heterocycles. The number of hydrogen-bond donors (Lipinski definition) is 1. The molecule has 4 nitrogen and oxygen atoms in total. The molecule has 2 heterocycles. The Labute approximate surface area is 157 Å². The molecule has 0 bridgehead atoms. The molecule has 3 unspecified atom stereocenters. The molecule has 1 aliphatic carbocycles. The van der Waals surface area contributed by atoms with Crippen LogP contribution in [-0.4, -0.2) is 38.8 Å². The molecular formula is C20H24FN3OS. The molecule has 4 rings (SSSR count). The molecule has 2 aromatic rings. The van der Waals surface area contributed by atoms with Gasteiger partial charge in [-0.15, -0.1) is 0 Å². The Bertz CT molecular complexity index is 755. The van der Waals surface area contributed by atoms with Crippen LogP contribution in [0.2, 0.25) is 0 Å². The van der Waals surface area contributed by atoms with Crippen molar-refractivity contribution in [3.05, 3.63) is 53.6 Å². The SMILES string of the molecule is CCSc1ncc(CN2CC3CCC(O)(c4ccc(F)cc4)C3C2)cn1. The van der Waals surface area contributed by atoms with Crippen LogP contribution >= 0.6 is 11.8 Å². The Morgan fingerprint density at radius 2 is 1.96 bits per heavy atom. The number of hydrogen-bond acceptors (Lipinski definition) is 5. The third-order valence-electron chi connectivity index (χ3n) is 5.73. The van der Waals surface area contributed by atoms with E-state index in [0.717, 1.165) is 54.5 Å². The standard InChI is InChI=1S/C20H24FN3OS/c1-2-26-19-22-9-14(10-23-19)11-24-12-15-7-8-20(25,18(15)13-24)16-3-5-17(21)6-4-16/h3-6,9-10,15,18,25H,2,7-8,11-13H2,1H3. The molecule has 2 fully saturated rings. The van der Waals surface area contributed by atoms with Crippen LogP contribution in [0, 0.1) is 17.7 Å². The normalized spacial score (nSPS) is 28.4. The Kier molecular flexibility index (Phi) is 4.99. The number of fused-ring (bicyclic) bond motifs is 1. The molecule has 1 aliphatic heterocycles. The van der Waals surface area contributed by atoms with E-state index < -0.39 is 5.60 Å². The van der Waals surface area contributed by atoms with Gasteiger partial charge in [0.1, 0.15) is 5.82 Å². The molecule has 138 valence electrons. The van der Waals surface area contributed by atoms with Gasteiger partial charge in [-0.2, -0.15) is 0 Å². The summed E-state index contributed by atoms with van der Waals surface area (Å²) in [5.74, 6) is 1.39. The minimum atomic E-state index is -0.842. The fourth-order valence-corrected chi connectivity index (χ4v) is 5.01. The minimum Gasteiger partial charge on any atom is -0.385 e. The number of halogens is 1. The van der Waals surface area contributed by atoms with Gasteiger partial charge in [0.05, 0.1) is 5.60 Å². The van der Waals surface area contributed by atoms with E-state index in [-0.39, 0.29) is 11.7 Å². The lowest BCUT2D eigenvalue weighted by molar-refractivity contribution is -0.00688. The molecule has 6 heteroatoms. The molecule has 1 aromatic heterocycles. The van der Waals surface area contributed by atoms with Gasteiger partial charge in [0.25, 0.3) is 0 Å². The highest BCUT2D eigenvalue weighted by molar-refractivity contribution is 7.99. The van der Waals surface area contributed by atoms with E-state index >= 15 is 0 Å². The first-order valence-corrected chi connectivity index (χ1v) is 10.2. The summed E-state index contributed by atoms with van der Waals surface area (Å²) < 4.78 is 13.2. The quantitative estimate of drug-likeness (QED) is 0.643. The first-order valence-electron chi connectivity index (χ1n) is 9.23. The molecule has 0 amide bonds. The molecule has 2 aliphatic rings. The smallest absolute Gasteiger partial charge is 0.187 e. The van der Waals surface area contributed by atoms with Crippen LogP contribution in [0.1, 0.15) is 30.9 Å². The van der Waals surface area contributed by atoms with Crippen LogP contribution in [-0.2, 0) is 12.1 Å². The van der Waals surface area contributed by atoms with Crippen LogP contribution in [0.25, 0.3) is 0 Å². The second-order valence-corrected chi connectivity index (χ2v) is 8.57. The van der Waals surface area contributed by atoms with Gasteiger partial charge >= 0.3 is 0 Å². The highest BCUT2D eigenvalue weighted by Gasteiger charge is 2.52. The third-order valence-corrected chi connectivity index (χ3v) is 6.49. The summed E-state index contributed by atoms with van der Waals surface area (Å²) in [7, 11) is 0. The summed E-state index contributed by atoms with van der Waals surface area (Å²) in [5, 5.41) is 12.1. The highest BCUT2D eigenvalue weighted by atomic mass is 32.2. The lowest BCUT2D eigenvalue weighted by Gasteiger charge is -2.31. The molecular weight excluding hydrogens is 349 g/mol. The van der Waals surface area contributed by atoms with Gasteiger partial charge in [-0.05, 0) is 42.2 Å². The maximum absolute atomic E-state index is 13.2. The van der Waals surface area contributed by atoms with Gasteiger partial charge in [-0.25, -0.2) is 14.4 Å². The average Bonchev–Trinajstić information content (AvgIpc) is 3.18. The molecule has 0 spiro atoms. The lowest BCUT2D eigenvalue weighted by atomic mass is 9.82. The number of thioether (sulfide) groups is 1. The van der Waals surface area contributed by atoms with Crippen molar-refractivity contribution in [2.75, 3.05) is 18.8 Å². The van der Waals surface area contributed by atoms with Crippen molar-refractivity contribution >= 4 is 11.8 Å². The molecule has 26 heavy (non-hydrogen) atoms. The maximum Gasteiger partial charge on any atom is 0.187 e. The Hall–Kier alpha value is -1.50. The summed E-state index contributed by atoms with van der Waals surface area (Å²) in [6, 6.07) is 6.36. The fraction of sp³-hybridized carbons (Fsp3) is 0.500. The monoisotopic (exact) mass is 373 g/mol. The number of nitrogens with zero attached hydrogens (tertiary/aromatic N) is 3. The van der Waals surface area contributed by atoms with Crippen molar-refractivity contribution in [1.29, 1.82) is 0 Å². The van der Waals surface area contributed by atoms with Crippen LogP contribution in [0.5, 0.6) is 0 Å². The zero-order valence-electron chi connectivity index (χ0n) is 14.9. The first kappa shape index (κ1) is 17.9. The van der Waals surface area contributed by atoms with E-state index in [9.17, 15) is 9.50 Å². The largest absolute Gasteiger partial charge is 0.385 e. The summed E-state index contributed by atoms with van der Waals surface area (Å²) in [5.41, 5.74) is 1.11. The summed E-state index contributed by atoms with van der Waals surface area (Å²) in [6.45, 7) is 4.74. The van der Waals surface area contributed by atoms with E-state index in [1.807, 2.05) is 12.4 Å². The minimum absolute atomic E-state index is 0.198. The van der Waals surface area contributed by atoms with E-state index in [2.05, 4.69) is 21.8 Å². The van der Waals surface area contributed by atoms with E-state index in [1.54, 1.807) is 23.9 Å². The number of benzene rings is 1. The van der Waals surface area contributed by atoms with Crippen LogP contribution in [0.3, 0.4) is 0 Å². The van der Waals surface area contributed by atoms with Gasteiger partial charge in [-0.3, -0.25) is 4.90 Å². The topological polar surface area (TPSA) is 49.2 Å². The fourth-order valence-electron chi connectivity index (χ4n) is 4.50. The number of aliphatic hydroxyl groups is 1. The van der Waals surface area contributed by atoms with Crippen molar-refractivity contribution in [2.45, 2.75) is 37.1 Å². The summed E-state index contributed by atoms with van der Waals surface area (Å²) >= 11 is 1.64. The molecule has 1 saturated carbocycles. The number of rotatable bonds is 5. The second kappa shape index (κ2) is 7.25. The predicted octanol–water partition coefficient (Wildman–Crippen LogP) is 3.46. The van der Waals surface area contributed by atoms with Crippen molar-refractivity contribution in [1.82, 2.24) is 14.9 Å². The van der Waals surface area contributed by atoms with Gasteiger partial charge in [0.2, 0.25) is 0 Å². The van der Waals surface area contributed by atoms with Crippen LogP contribution in [0.4, 0.5) is 4.39 Å². The molecule has 1 aromatic carbocycles. The number of aromatic nitrogens is 2. The summed E-state index contributed by atoms with van der Waals surface area (Å²) in [6.07, 6.45) is 5.59. The molecule has 1 N–H and O–H groups in total. The van der Waals surface area contributed by atoms with E-state index in [4.69, 9.17) is 0 Å². The Balaban J connectivity index is 1.45. The van der Waals surface area contributed by atoms with Crippen molar-refractivity contribution < 1.29 is 9.50 Å².